The highest BCUT2D eigenvalue weighted by atomic mass is 14.2. The predicted octanol–water partition coefficient (Wildman–Crippen LogP) is 3.41. The first-order valence-electron chi connectivity index (χ1n) is 3.86. The molecule has 0 rings (SSSR count). The summed E-state index contributed by atoms with van der Waals surface area (Å²) in [6.45, 7) is 14.2. The van der Waals surface area contributed by atoms with Gasteiger partial charge in [-0.1, -0.05) is 32.1 Å². The molecule has 0 unspecified atom stereocenters. The van der Waals surface area contributed by atoms with Gasteiger partial charge in [0.25, 0.3) is 0 Å². The second kappa shape index (κ2) is 4.32. The van der Waals surface area contributed by atoms with E-state index in [1.165, 1.54) is 5.57 Å². The molecule has 0 aliphatic carbocycles. The molecule has 0 amide bonds. The van der Waals surface area contributed by atoms with E-state index in [0.717, 1.165) is 6.42 Å². The van der Waals surface area contributed by atoms with Gasteiger partial charge in [0, 0.05) is 0 Å². The zero-order valence-corrected chi connectivity index (χ0v) is 7.35. The summed E-state index contributed by atoms with van der Waals surface area (Å²) in [6, 6.07) is 0. The summed E-state index contributed by atoms with van der Waals surface area (Å²) in [4.78, 5) is 0. The molecular formula is C10H18. The van der Waals surface area contributed by atoms with Gasteiger partial charge in [-0.2, -0.15) is 0 Å². The number of hydrogen-bond donors (Lipinski definition) is 0. The van der Waals surface area contributed by atoms with Crippen molar-refractivity contribution < 1.29 is 0 Å². The van der Waals surface area contributed by atoms with Crippen molar-refractivity contribution in [3.63, 3.8) is 0 Å². The normalized spacial score (nSPS) is 13.2. The molecule has 0 aromatic rings. The monoisotopic (exact) mass is 138 g/mol. The molecule has 0 fully saturated rings. The van der Waals surface area contributed by atoms with Crippen molar-refractivity contribution >= 4 is 0 Å². The van der Waals surface area contributed by atoms with Gasteiger partial charge in [-0.25, -0.2) is 0 Å². The van der Waals surface area contributed by atoms with E-state index in [1.807, 2.05) is 6.08 Å². The van der Waals surface area contributed by atoms with Gasteiger partial charge in [0.05, 0.1) is 0 Å². The van der Waals surface area contributed by atoms with Crippen molar-refractivity contribution in [3.05, 3.63) is 24.8 Å². The summed E-state index contributed by atoms with van der Waals surface area (Å²) < 4.78 is 0. The number of allylic oxidation sites excluding steroid dienone is 2. The van der Waals surface area contributed by atoms with Crippen LogP contribution in [0.5, 0.6) is 0 Å². The van der Waals surface area contributed by atoms with Crippen molar-refractivity contribution in [1.82, 2.24) is 0 Å². The fourth-order valence-corrected chi connectivity index (χ4v) is 1.22. The minimum absolute atomic E-state index is 0.623. The Morgan fingerprint density at radius 1 is 1.50 bits per heavy atom. The summed E-state index contributed by atoms with van der Waals surface area (Å²) >= 11 is 0. The Morgan fingerprint density at radius 2 is 2.00 bits per heavy atom. The molecule has 10 heavy (non-hydrogen) atoms. The van der Waals surface area contributed by atoms with Crippen LogP contribution in [0.1, 0.15) is 27.2 Å². The van der Waals surface area contributed by atoms with Crippen molar-refractivity contribution in [2.24, 2.45) is 11.8 Å². The highest BCUT2D eigenvalue weighted by Crippen LogP contribution is 2.22. The Kier molecular flexibility index (Phi) is 4.10. The van der Waals surface area contributed by atoms with Crippen LogP contribution in [-0.4, -0.2) is 0 Å². The molecule has 58 valence electrons. The van der Waals surface area contributed by atoms with Crippen molar-refractivity contribution in [2.75, 3.05) is 0 Å². The van der Waals surface area contributed by atoms with Crippen LogP contribution in [0.2, 0.25) is 0 Å². The predicted molar refractivity (Wildman–Crippen MR) is 48.0 cm³/mol. The molecule has 0 aliphatic heterocycles. The maximum Gasteiger partial charge on any atom is -0.0151 e. The maximum absolute atomic E-state index is 3.95. The zero-order chi connectivity index (χ0) is 8.15. The highest BCUT2D eigenvalue weighted by Gasteiger charge is 2.10. The fourth-order valence-electron chi connectivity index (χ4n) is 1.22. The molecule has 0 N–H and O–H groups in total. The smallest absolute Gasteiger partial charge is 0.0151 e. The quantitative estimate of drug-likeness (QED) is 0.522. The third-order valence-electron chi connectivity index (χ3n) is 1.86. The van der Waals surface area contributed by atoms with E-state index in [2.05, 4.69) is 33.9 Å². The van der Waals surface area contributed by atoms with Gasteiger partial charge < -0.3 is 0 Å². The third kappa shape index (κ3) is 2.86. The van der Waals surface area contributed by atoms with E-state index in [-0.39, 0.29) is 0 Å². The number of hydrogen-bond acceptors (Lipinski definition) is 0. The van der Waals surface area contributed by atoms with Gasteiger partial charge in [-0.15, -0.1) is 6.58 Å². The Bertz CT molecular complexity index is 120. The van der Waals surface area contributed by atoms with E-state index in [0.29, 0.717) is 11.8 Å². The Labute approximate surface area is 64.6 Å². The molecule has 0 heterocycles. The highest BCUT2D eigenvalue weighted by molar-refractivity contribution is 4.99. The summed E-state index contributed by atoms with van der Waals surface area (Å²) in [7, 11) is 0. The van der Waals surface area contributed by atoms with Gasteiger partial charge in [0.2, 0.25) is 0 Å². The summed E-state index contributed by atoms with van der Waals surface area (Å²) in [5.74, 6) is 1.31. The van der Waals surface area contributed by atoms with Gasteiger partial charge in [-0.3, -0.25) is 0 Å². The summed E-state index contributed by atoms with van der Waals surface area (Å²) in [6.07, 6.45) is 3.03. The lowest BCUT2D eigenvalue weighted by Gasteiger charge is -2.18. The first kappa shape index (κ1) is 9.48. The topological polar surface area (TPSA) is 0 Å². The average Bonchev–Trinajstić information content (AvgIpc) is 1.81. The first-order valence-corrected chi connectivity index (χ1v) is 3.86. The Hall–Kier alpha value is -0.520. The molecule has 0 bridgehead atoms. The summed E-state index contributed by atoms with van der Waals surface area (Å²) in [5, 5.41) is 0. The van der Waals surface area contributed by atoms with Crippen LogP contribution in [0.3, 0.4) is 0 Å². The lowest BCUT2D eigenvalue weighted by Crippen LogP contribution is -2.07. The van der Waals surface area contributed by atoms with E-state index in [1.54, 1.807) is 0 Å². The Morgan fingerprint density at radius 3 is 2.10 bits per heavy atom. The molecule has 0 heteroatoms. The van der Waals surface area contributed by atoms with Crippen LogP contribution in [0, 0.1) is 11.8 Å². The molecular weight excluding hydrogens is 120 g/mol. The second-order valence-electron chi connectivity index (χ2n) is 3.22. The molecule has 0 aromatic carbocycles. The van der Waals surface area contributed by atoms with Gasteiger partial charge in [0.1, 0.15) is 0 Å². The maximum atomic E-state index is 3.95. The number of rotatable bonds is 4. The van der Waals surface area contributed by atoms with E-state index in [4.69, 9.17) is 0 Å². The van der Waals surface area contributed by atoms with Crippen LogP contribution in [0.15, 0.2) is 24.8 Å². The van der Waals surface area contributed by atoms with Gasteiger partial charge in [0.15, 0.2) is 0 Å². The average molecular weight is 138 g/mol. The van der Waals surface area contributed by atoms with E-state index < -0.39 is 0 Å². The molecule has 1 atom stereocenters. The van der Waals surface area contributed by atoms with Crippen LogP contribution < -0.4 is 0 Å². The van der Waals surface area contributed by atoms with Crippen LogP contribution in [-0.2, 0) is 0 Å². The van der Waals surface area contributed by atoms with E-state index in [9.17, 15) is 0 Å². The Balaban J connectivity index is 3.97. The molecule has 0 aromatic heterocycles. The third-order valence-corrected chi connectivity index (χ3v) is 1.86. The van der Waals surface area contributed by atoms with Gasteiger partial charge in [-0.05, 0) is 25.2 Å². The second-order valence-corrected chi connectivity index (χ2v) is 3.22. The lowest BCUT2D eigenvalue weighted by atomic mass is 9.87. The molecule has 0 spiro atoms. The zero-order valence-electron chi connectivity index (χ0n) is 7.35. The fraction of sp³-hybridized carbons (Fsp3) is 0.600. The molecule has 0 saturated heterocycles. The first-order chi connectivity index (χ1) is 4.59. The summed E-state index contributed by atoms with van der Waals surface area (Å²) in [5.41, 5.74) is 1.27. The lowest BCUT2D eigenvalue weighted by molar-refractivity contribution is 0.448. The van der Waals surface area contributed by atoms with E-state index >= 15 is 0 Å². The largest absolute Gasteiger partial charge is 0.103 e. The van der Waals surface area contributed by atoms with Crippen molar-refractivity contribution in [1.29, 1.82) is 0 Å². The van der Waals surface area contributed by atoms with Crippen molar-refractivity contribution in [3.8, 4) is 0 Å². The molecule has 0 saturated carbocycles. The van der Waals surface area contributed by atoms with Crippen LogP contribution >= 0.6 is 0 Å². The standard InChI is InChI=1S/C10H18/c1-6-7-10(8(2)3)9(4)5/h6,9-10H,1-2,7H2,3-5H3/t10-/m1/s1. The van der Waals surface area contributed by atoms with Crippen molar-refractivity contribution in [2.45, 2.75) is 27.2 Å². The molecule has 0 nitrogen and oxygen atoms in total. The molecule has 0 aliphatic rings. The minimum Gasteiger partial charge on any atom is -0.103 e. The molecule has 0 radical (unpaired) electrons. The van der Waals surface area contributed by atoms with Gasteiger partial charge >= 0.3 is 0 Å². The SMILES string of the molecule is C=CC[C@H](C(=C)C)C(C)C. The van der Waals surface area contributed by atoms with Crippen LogP contribution in [0.4, 0.5) is 0 Å². The van der Waals surface area contributed by atoms with Crippen LogP contribution in [0.25, 0.3) is 0 Å². The minimum atomic E-state index is 0.623.